The maximum absolute atomic E-state index is 13.4. The minimum Gasteiger partial charge on any atom is -0.503 e. The van der Waals surface area contributed by atoms with E-state index >= 15 is 0 Å². The molecule has 0 saturated heterocycles. The zero-order chi connectivity index (χ0) is 14.7. The van der Waals surface area contributed by atoms with Crippen LogP contribution in [0.5, 0.6) is 5.75 Å². The summed E-state index contributed by atoms with van der Waals surface area (Å²) >= 11 is 0. The number of amides is 1. The molecule has 1 aromatic rings. The van der Waals surface area contributed by atoms with Crippen molar-refractivity contribution in [2.24, 2.45) is 0 Å². The van der Waals surface area contributed by atoms with E-state index in [1.807, 2.05) is 0 Å². The fraction of sp³-hybridized carbons (Fsp3) is 0.273. The highest BCUT2D eigenvalue weighted by Crippen LogP contribution is 2.26. The van der Waals surface area contributed by atoms with Gasteiger partial charge in [0.2, 0.25) is 5.82 Å². The van der Waals surface area contributed by atoms with E-state index in [1.54, 1.807) is 0 Å². The number of nitrogens with zero attached hydrogens (tertiary/aromatic N) is 1. The Kier molecular flexibility index (Phi) is 4.36. The number of carbonyl (C=O) groups is 2. The average molecular weight is 277 g/mol. The minimum absolute atomic E-state index is 0.243. The first-order valence-electron chi connectivity index (χ1n) is 5.09. The lowest BCUT2D eigenvalue weighted by Crippen LogP contribution is -2.30. The molecule has 5 nitrogen and oxygen atoms in total. The van der Waals surface area contributed by atoms with Crippen molar-refractivity contribution >= 4 is 11.9 Å². The Morgan fingerprint density at radius 3 is 2.37 bits per heavy atom. The molecule has 0 aliphatic rings. The Hall–Kier alpha value is -2.25. The van der Waals surface area contributed by atoms with E-state index in [9.17, 15) is 22.8 Å². The molecule has 2 N–H and O–H groups in total. The molecule has 0 radical (unpaired) electrons. The van der Waals surface area contributed by atoms with Crippen molar-refractivity contribution < 1.29 is 33.0 Å². The maximum Gasteiger partial charge on any atom is 0.305 e. The number of phenolic OH excluding ortho intramolecular Hbond substituents is 1. The molecule has 8 heteroatoms. The number of aromatic hydroxyl groups is 1. The van der Waals surface area contributed by atoms with Crippen LogP contribution in [0, 0.1) is 17.5 Å². The highest BCUT2D eigenvalue weighted by molar-refractivity contribution is 5.95. The lowest BCUT2D eigenvalue weighted by Gasteiger charge is -2.16. The number of benzene rings is 1. The fourth-order valence-electron chi connectivity index (χ4n) is 1.32. The van der Waals surface area contributed by atoms with Crippen LogP contribution in [0.2, 0.25) is 0 Å². The number of carboxylic acids is 1. The summed E-state index contributed by atoms with van der Waals surface area (Å²) in [7, 11) is 1.17. The van der Waals surface area contributed by atoms with Crippen molar-refractivity contribution in [1.82, 2.24) is 4.90 Å². The van der Waals surface area contributed by atoms with Gasteiger partial charge >= 0.3 is 5.97 Å². The molecule has 19 heavy (non-hydrogen) atoms. The van der Waals surface area contributed by atoms with Crippen LogP contribution in [0.25, 0.3) is 0 Å². The standard InChI is InChI=1S/C11H10F3NO4/c1-15(3-2-7(16)17)11(19)5-4-6(12)9(14)10(18)8(5)13/h4,18H,2-3H2,1H3,(H,16,17). The number of halogens is 3. The van der Waals surface area contributed by atoms with Crippen LogP contribution in [-0.2, 0) is 4.79 Å². The summed E-state index contributed by atoms with van der Waals surface area (Å²) in [6.07, 6.45) is -0.389. The second-order valence-corrected chi connectivity index (χ2v) is 3.75. The summed E-state index contributed by atoms with van der Waals surface area (Å²) in [5.74, 6) is -8.78. The maximum atomic E-state index is 13.4. The Bertz CT molecular complexity index is 533. The summed E-state index contributed by atoms with van der Waals surface area (Å²) in [6, 6.07) is 0.310. The second-order valence-electron chi connectivity index (χ2n) is 3.75. The van der Waals surface area contributed by atoms with Gasteiger partial charge in [-0.25, -0.2) is 8.78 Å². The van der Waals surface area contributed by atoms with Gasteiger partial charge in [0.25, 0.3) is 5.91 Å². The Morgan fingerprint density at radius 2 is 1.84 bits per heavy atom. The number of rotatable bonds is 4. The molecule has 0 aliphatic heterocycles. The molecule has 0 aliphatic carbocycles. The van der Waals surface area contributed by atoms with Gasteiger partial charge in [-0.3, -0.25) is 9.59 Å². The van der Waals surface area contributed by atoms with E-state index in [0.717, 1.165) is 4.90 Å². The molecule has 104 valence electrons. The molecule has 0 atom stereocenters. The van der Waals surface area contributed by atoms with E-state index in [-0.39, 0.29) is 13.0 Å². The van der Waals surface area contributed by atoms with E-state index in [4.69, 9.17) is 10.2 Å². The topological polar surface area (TPSA) is 77.8 Å². The van der Waals surface area contributed by atoms with Gasteiger partial charge < -0.3 is 15.1 Å². The van der Waals surface area contributed by atoms with Gasteiger partial charge in [0.15, 0.2) is 17.4 Å². The van der Waals surface area contributed by atoms with Gasteiger partial charge in [-0.1, -0.05) is 0 Å². The number of aliphatic carboxylic acids is 1. The molecule has 0 bridgehead atoms. The highest BCUT2D eigenvalue weighted by atomic mass is 19.2. The largest absolute Gasteiger partial charge is 0.503 e. The second kappa shape index (κ2) is 5.59. The number of phenols is 1. The van der Waals surface area contributed by atoms with E-state index in [0.29, 0.717) is 6.07 Å². The molecular weight excluding hydrogens is 267 g/mol. The Balaban J connectivity index is 3.03. The first-order chi connectivity index (χ1) is 8.75. The average Bonchev–Trinajstić information content (AvgIpc) is 2.36. The van der Waals surface area contributed by atoms with Crippen LogP contribution < -0.4 is 0 Å². The molecule has 1 rings (SSSR count). The molecule has 0 heterocycles. The third-order valence-electron chi connectivity index (χ3n) is 2.37. The van der Waals surface area contributed by atoms with E-state index in [1.165, 1.54) is 7.05 Å². The van der Waals surface area contributed by atoms with Gasteiger partial charge in [-0.05, 0) is 6.07 Å². The molecule has 0 fully saturated rings. The number of hydrogen-bond donors (Lipinski definition) is 2. The summed E-state index contributed by atoms with van der Waals surface area (Å²) in [5, 5.41) is 17.4. The van der Waals surface area contributed by atoms with Gasteiger partial charge in [0.05, 0.1) is 12.0 Å². The van der Waals surface area contributed by atoms with E-state index in [2.05, 4.69) is 0 Å². The summed E-state index contributed by atoms with van der Waals surface area (Å²) in [4.78, 5) is 22.8. The van der Waals surface area contributed by atoms with Crippen molar-refractivity contribution in [1.29, 1.82) is 0 Å². The quantitative estimate of drug-likeness (QED) is 0.814. The van der Waals surface area contributed by atoms with Crippen molar-refractivity contribution in [2.45, 2.75) is 6.42 Å². The van der Waals surface area contributed by atoms with Crippen LogP contribution in [0.4, 0.5) is 13.2 Å². The molecular formula is C11H10F3NO4. The smallest absolute Gasteiger partial charge is 0.305 e. The predicted octanol–water partition coefficient (Wildman–Crippen LogP) is 1.36. The predicted molar refractivity (Wildman–Crippen MR) is 57.2 cm³/mol. The number of carboxylic acid groups (broad SMARTS) is 1. The number of hydrogen-bond acceptors (Lipinski definition) is 3. The monoisotopic (exact) mass is 277 g/mol. The van der Waals surface area contributed by atoms with Crippen molar-refractivity contribution in [3.63, 3.8) is 0 Å². The van der Waals surface area contributed by atoms with Crippen molar-refractivity contribution in [3.05, 3.63) is 29.1 Å². The van der Waals surface area contributed by atoms with Crippen molar-refractivity contribution in [3.8, 4) is 5.75 Å². The lowest BCUT2D eigenvalue weighted by atomic mass is 10.1. The van der Waals surface area contributed by atoms with Crippen LogP contribution in [0.1, 0.15) is 16.8 Å². The Morgan fingerprint density at radius 1 is 1.26 bits per heavy atom. The van der Waals surface area contributed by atoms with Crippen LogP contribution >= 0.6 is 0 Å². The van der Waals surface area contributed by atoms with Crippen molar-refractivity contribution in [2.75, 3.05) is 13.6 Å². The SMILES string of the molecule is CN(CCC(=O)O)C(=O)c1cc(F)c(F)c(O)c1F. The third kappa shape index (κ3) is 3.15. The van der Waals surface area contributed by atoms with Gasteiger partial charge in [-0.15, -0.1) is 0 Å². The summed E-state index contributed by atoms with van der Waals surface area (Å²) < 4.78 is 39.2. The third-order valence-corrected chi connectivity index (χ3v) is 2.37. The zero-order valence-corrected chi connectivity index (χ0v) is 9.78. The highest BCUT2D eigenvalue weighted by Gasteiger charge is 2.24. The first kappa shape index (κ1) is 14.8. The van der Waals surface area contributed by atoms with Crippen LogP contribution in [0.3, 0.4) is 0 Å². The fourth-order valence-corrected chi connectivity index (χ4v) is 1.32. The van der Waals surface area contributed by atoms with Gasteiger partial charge in [0.1, 0.15) is 0 Å². The molecule has 0 spiro atoms. The summed E-state index contributed by atoms with van der Waals surface area (Å²) in [6.45, 7) is -0.243. The lowest BCUT2D eigenvalue weighted by molar-refractivity contribution is -0.137. The molecule has 1 aromatic carbocycles. The summed E-state index contributed by atoms with van der Waals surface area (Å²) in [5.41, 5.74) is -0.871. The number of carbonyl (C=O) groups excluding carboxylic acids is 1. The molecule has 1 amide bonds. The van der Waals surface area contributed by atoms with E-state index < -0.39 is 40.6 Å². The zero-order valence-electron chi connectivity index (χ0n) is 9.78. The molecule has 0 aromatic heterocycles. The minimum atomic E-state index is -1.79. The Labute approximate surface area is 105 Å². The van der Waals surface area contributed by atoms with Gasteiger partial charge in [-0.2, -0.15) is 4.39 Å². The normalized spacial score (nSPS) is 10.3. The first-order valence-corrected chi connectivity index (χ1v) is 5.09. The van der Waals surface area contributed by atoms with Gasteiger partial charge in [0, 0.05) is 13.6 Å². The van der Waals surface area contributed by atoms with Crippen LogP contribution in [-0.4, -0.2) is 40.6 Å². The molecule has 0 saturated carbocycles. The van der Waals surface area contributed by atoms with Crippen LogP contribution in [0.15, 0.2) is 6.07 Å². The molecule has 0 unspecified atom stereocenters.